The molecule has 3 atom stereocenters. The van der Waals surface area contributed by atoms with Crippen molar-refractivity contribution >= 4 is 46.3 Å². The first kappa shape index (κ1) is 27.3. The Morgan fingerprint density at radius 3 is 2.54 bits per heavy atom. The number of carbonyl (C=O) groups is 2. The van der Waals surface area contributed by atoms with Crippen LogP contribution in [-0.2, 0) is 16.0 Å². The Morgan fingerprint density at radius 1 is 1.22 bits per heavy atom. The normalized spacial score (nSPS) is 22.8. The van der Waals surface area contributed by atoms with Crippen molar-refractivity contribution in [1.82, 2.24) is 4.90 Å². The van der Waals surface area contributed by atoms with Crippen LogP contribution in [0.25, 0.3) is 17.4 Å². The number of hydrogen-bond donors (Lipinski definition) is 1. The van der Waals surface area contributed by atoms with Gasteiger partial charge < -0.3 is 19.0 Å². The standard InChI is InChI=1S/C28H33NO6S2/c1-5-6-17-9-16(2)22(10-17)29-27(32)25(37-28(29)36)15-24-18(7-8-26(30)31)13-23(35-24)19-11-20(33-3)14-21(12-19)34-4/h11-17,22H,5-10H2,1-4H3,(H,30,31)/b25-15-. The number of ether oxygens (including phenoxy) is 2. The molecule has 3 unspecified atom stereocenters. The summed E-state index contributed by atoms with van der Waals surface area (Å²) in [6, 6.07) is 7.33. The molecule has 1 aliphatic carbocycles. The van der Waals surface area contributed by atoms with Gasteiger partial charge in [0.2, 0.25) is 0 Å². The van der Waals surface area contributed by atoms with Crippen molar-refractivity contribution < 1.29 is 28.6 Å². The predicted octanol–water partition coefficient (Wildman–Crippen LogP) is 6.40. The third-order valence-electron chi connectivity index (χ3n) is 7.14. The molecule has 0 bridgehead atoms. The van der Waals surface area contributed by atoms with E-state index in [1.165, 1.54) is 18.2 Å². The first-order chi connectivity index (χ1) is 17.7. The largest absolute Gasteiger partial charge is 0.497 e. The average Bonchev–Trinajstić information content (AvgIpc) is 3.52. The van der Waals surface area contributed by atoms with E-state index in [1.54, 1.807) is 31.3 Å². The van der Waals surface area contributed by atoms with Crippen molar-refractivity contribution in [2.75, 3.05) is 14.2 Å². The number of furan rings is 1. The number of nitrogens with zero attached hydrogens (tertiary/aromatic N) is 1. The molecule has 0 spiro atoms. The minimum atomic E-state index is -0.903. The number of carboxylic acids is 1. The van der Waals surface area contributed by atoms with Gasteiger partial charge in [0.15, 0.2) is 0 Å². The summed E-state index contributed by atoms with van der Waals surface area (Å²) in [7, 11) is 3.14. The van der Waals surface area contributed by atoms with E-state index in [1.807, 2.05) is 18.2 Å². The summed E-state index contributed by atoms with van der Waals surface area (Å²) in [6.45, 7) is 4.40. The molecule has 2 aromatic rings. The first-order valence-corrected chi connectivity index (χ1v) is 13.8. The summed E-state index contributed by atoms with van der Waals surface area (Å²) in [5.41, 5.74) is 1.43. The molecule has 1 N–H and O–H groups in total. The average molecular weight is 544 g/mol. The quantitative estimate of drug-likeness (QED) is 0.272. The van der Waals surface area contributed by atoms with Crippen molar-refractivity contribution in [2.45, 2.75) is 58.4 Å². The fourth-order valence-corrected chi connectivity index (χ4v) is 6.68. The minimum Gasteiger partial charge on any atom is -0.497 e. The van der Waals surface area contributed by atoms with Crippen LogP contribution in [0.15, 0.2) is 33.6 Å². The third kappa shape index (κ3) is 6.04. The van der Waals surface area contributed by atoms with E-state index in [4.69, 9.17) is 26.1 Å². The van der Waals surface area contributed by atoms with Crippen LogP contribution < -0.4 is 9.47 Å². The van der Waals surface area contributed by atoms with E-state index in [0.717, 1.165) is 24.8 Å². The Hall–Kier alpha value is -2.78. The summed E-state index contributed by atoms with van der Waals surface area (Å²) >= 11 is 6.93. The Kier molecular flexibility index (Phi) is 8.64. The lowest BCUT2D eigenvalue weighted by Gasteiger charge is -2.26. The topological polar surface area (TPSA) is 89.2 Å². The lowest BCUT2D eigenvalue weighted by atomic mass is 10.0. The number of methoxy groups -OCH3 is 2. The van der Waals surface area contributed by atoms with Crippen LogP contribution in [0.2, 0.25) is 0 Å². The Balaban J connectivity index is 1.66. The number of thioether (sulfide) groups is 1. The lowest BCUT2D eigenvalue weighted by Crippen LogP contribution is -2.40. The zero-order valence-corrected chi connectivity index (χ0v) is 23.2. The van der Waals surface area contributed by atoms with Crippen LogP contribution >= 0.6 is 24.0 Å². The number of benzene rings is 1. The molecule has 198 valence electrons. The van der Waals surface area contributed by atoms with Crippen molar-refractivity contribution in [3.8, 4) is 22.8 Å². The van der Waals surface area contributed by atoms with Crippen LogP contribution in [0.3, 0.4) is 0 Å². The molecule has 1 aromatic heterocycles. The molecule has 2 heterocycles. The number of aliphatic carboxylic acids is 1. The summed E-state index contributed by atoms with van der Waals surface area (Å²) in [6.07, 6.45) is 6.32. The van der Waals surface area contributed by atoms with Gasteiger partial charge in [0.1, 0.15) is 27.3 Å². The molecule has 4 rings (SSSR count). The molecule has 2 aliphatic rings. The van der Waals surface area contributed by atoms with Crippen LogP contribution in [0, 0.1) is 11.8 Å². The van der Waals surface area contributed by atoms with E-state index in [2.05, 4.69) is 13.8 Å². The highest BCUT2D eigenvalue weighted by atomic mass is 32.2. The van der Waals surface area contributed by atoms with E-state index in [0.29, 0.717) is 49.6 Å². The second kappa shape index (κ2) is 11.7. The summed E-state index contributed by atoms with van der Waals surface area (Å²) in [4.78, 5) is 27.1. The minimum absolute atomic E-state index is 0.0549. The molecule has 1 aromatic carbocycles. The zero-order valence-electron chi connectivity index (χ0n) is 21.6. The van der Waals surface area contributed by atoms with Gasteiger partial charge in [-0.15, -0.1) is 0 Å². The summed E-state index contributed by atoms with van der Waals surface area (Å²) < 4.78 is 17.5. The maximum absolute atomic E-state index is 13.5. The molecule has 1 amide bonds. The van der Waals surface area contributed by atoms with Gasteiger partial charge in [0, 0.05) is 30.2 Å². The zero-order chi connectivity index (χ0) is 26.7. The fraction of sp³-hybridized carbons (Fsp3) is 0.464. The van der Waals surface area contributed by atoms with E-state index < -0.39 is 5.97 Å². The maximum Gasteiger partial charge on any atom is 0.303 e. The smallest absolute Gasteiger partial charge is 0.303 e. The molecule has 1 saturated carbocycles. The Labute approximate surface area is 227 Å². The van der Waals surface area contributed by atoms with E-state index in [-0.39, 0.29) is 24.8 Å². The Morgan fingerprint density at radius 2 is 1.92 bits per heavy atom. The summed E-state index contributed by atoms with van der Waals surface area (Å²) in [5.74, 6) is 2.21. The number of amides is 1. The molecule has 2 fully saturated rings. The summed E-state index contributed by atoms with van der Waals surface area (Å²) in [5, 5.41) is 9.27. The van der Waals surface area contributed by atoms with Gasteiger partial charge in [0.05, 0.1) is 19.1 Å². The number of thiocarbonyl (C=S) groups is 1. The van der Waals surface area contributed by atoms with Gasteiger partial charge in [-0.2, -0.15) is 0 Å². The molecule has 37 heavy (non-hydrogen) atoms. The van der Waals surface area contributed by atoms with Crippen molar-refractivity contribution in [2.24, 2.45) is 11.8 Å². The second-order valence-corrected chi connectivity index (χ2v) is 11.4. The van der Waals surface area contributed by atoms with Gasteiger partial charge in [-0.3, -0.25) is 14.5 Å². The highest BCUT2D eigenvalue weighted by Crippen LogP contribution is 2.43. The fourth-order valence-electron chi connectivity index (χ4n) is 5.34. The van der Waals surface area contributed by atoms with E-state index in [9.17, 15) is 14.7 Å². The van der Waals surface area contributed by atoms with Crippen molar-refractivity contribution in [3.63, 3.8) is 0 Å². The number of hydrogen-bond acceptors (Lipinski definition) is 7. The SMILES string of the molecule is CCCC1CC(C)C(N2C(=O)/C(=C/c3oc(-c4cc(OC)cc(OC)c4)cc3CCC(=O)O)SC2=S)C1. The van der Waals surface area contributed by atoms with Gasteiger partial charge in [-0.05, 0) is 54.9 Å². The van der Waals surface area contributed by atoms with Crippen LogP contribution in [0.5, 0.6) is 11.5 Å². The predicted molar refractivity (Wildman–Crippen MR) is 149 cm³/mol. The molecule has 1 aliphatic heterocycles. The lowest BCUT2D eigenvalue weighted by molar-refractivity contribution is -0.137. The highest BCUT2D eigenvalue weighted by Gasteiger charge is 2.43. The van der Waals surface area contributed by atoms with Gasteiger partial charge in [-0.1, -0.05) is 50.7 Å². The first-order valence-electron chi connectivity index (χ1n) is 12.6. The maximum atomic E-state index is 13.5. The number of carbonyl (C=O) groups excluding carboxylic acids is 1. The molecule has 7 nitrogen and oxygen atoms in total. The highest BCUT2D eigenvalue weighted by molar-refractivity contribution is 8.26. The van der Waals surface area contributed by atoms with Gasteiger partial charge >= 0.3 is 5.97 Å². The number of carboxylic acid groups (broad SMARTS) is 1. The molecule has 1 saturated heterocycles. The van der Waals surface area contributed by atoms with Crippen LogP contribution in [-0.4, -0.2) is 46.5 Å². The third-order valence-corrected chi connectivity index (χ3v) is 8.47. The number of rotatable bonds is 10. The molecule has 9 heteroatoms. The second-order valence-electron chi connectivity index (χ2n) is 9.72. The monoisotopic (exact) mass is 543 g/mol. The van der Waals surface area contributed by atoms with Gasteiger partial charge in [0.25, 0.3) is 5.91 Å². The van der Waals surface area contributed by atoms with Crippen LogP contribution in [0.1, 0.15) is 57.3 Å². The van der Waals surface area contributed by atoms with Crippen molar-refractivity contribution in [1.29, 1.82) is 0 Å². The number of aryl methyl sites for hydroxylation is 1. The van der Waals surface area contributed by atoms with E-state index >= 15 is 0 Å². The van der Waals surface area contributed by atoms with Crippen LogP contribution in [0.4, 0.5) is 0 Å². The molecular formula is C28H33NO6S2. The molecule has 0 radical (unpaired) electrons. The Bertz CT molecular complexity index is 1200. The molecular weight excluding hydrogens is 510 g/mol. The van der Waals surface area contributed by atoms with Gasteiger partial charge in [-0.25, -0.2) is 0 Å². The van der Waals surface area contributed by atoms with Crippen molar-refractivity contribution in [3.05, 3.63) is 40.5 Å².